The molecule has 4 rings (SSSR count). The average Bonchev–Trinajstić information content (AvgIpc) is 3.04. The standard InChI is InChI=1S/C14H15ClN4O/c15-13-11-7-17-14(18(11)6-5-16-13)9-1-2-10-3-4-12(20)19(10)8-9/h5-7,9-10H,1-4,8H2. The second-order valence-corrected chi connectivity index (χ2v) is 5.96. The van der Waals surface area contributed by atoms with Crippen molar-refractivity contribution in [3.63, 3.8) is 0 Å². The molecule has 2 saturated heterocycles. The molecule has 0 aliphatic carbocycles. The Bertz CT molecular complexity index is 683. The molecule has 2 atom stereocenters. The van der Waals surface area contributed by atoms with E-state index in [1.165, 1.54) is 0 Å². The van der Waals surface area contributed by atoms with Gasteiger partial charge in [-0.3, -0.25) is 9.20 Å². The van der Waals surface area contributed by atoms with Gasteiger partial charge < -0.3 is 4.90 Å². The number of carbonyl (C=O) groups is 1. The fourth-order valence-corrected chi connectivity index (χ4v) is 3.69. The van der Waals surface area contributed by atoms with Gasteiger partial charge in [-0.05, 0) is 19.3 Å². The van der Waals surface area contributed by atoms with Crippen molar-refractivity contribution in [2.45, 2.75) is 37.6 Å². The monoisotopic (exact) mass is 290 g/mol. The number of nitrogens with zero attached hydrogens (tertiary/aromatic N) is 4. The number of halogens is 1. The molecule has 0 spiro atoms. The van der Waals surface area contributed by atoms with Gasteiger partial charge in [-0.1, -0.05) is 11.6 Å². The van der Waals surface area contributed by atoms with E-state index in [1.54, 1.807) is 12.4 Å². The van der Waals surface area contributed by atoms with Gasteiger partial charge in [0.25, 0.3) is 0 Å². The Morgan fingerprint density at radius 3 is 3.05 bits per heavy atom. The van der Waals surface area contributed by atoms with Gasteiger partial charge in [0.1, 0.15) is 11.3 Å². The number of carbonyl (C=O) groups excluding carboxylic acids is 1. The van der Waals surface area contributed by atoms with E-state index in [2.05, 4.69) is 9.97 Å². The third-order valence-corrected chi connectivity index (χ3v) is 4.81. The first-order valence-corrected chi connectivity index (χ1v) is 7.39. The number of rotatable bonds is 1. The second-order valence-electron chi connectivity index (χ2n) is 5.60. The number of fused-ring (bicyclic) bond motifs is 2. The van der Waals surface area contributed by atoms with Crippen molar-refractivity contribution in [1.29, 1.82) is 0 Å². The summed E-state index contributed by atoms with van der Waals surface area (Å²) in [6, 6.07) is 0.454. The Hall–Kier alpha value is -1.62. The maximum Gasteiger partial charge on any atom is 0.222 e. The van der Waals surface area contributed by atoms with E-state index in [4.69, 9.17) is 11.6 Å². The van der Waals surface area contributed by atoms with Gasteiger partial charge in [0, 0.05) is 37.3 Å². The minimum Gasteiger partial charge on any atom is -0.339 e. The molecule has 6 heteroatoms. The van der Waals surface area contributed by atoms with Crippen LogP contribution in [0.15, 0.2) is 18.6 Å². The number of hydrogen-bond donors (Lipinski definition) is 0. The first-order chi connectivity index (χ1) is 9.74. The zero-order valence-electron chi connectivity index (χ0n) is 11.0. The van der Waals surface area contributed by atoms with Crippen molar-refractivity contribution in [2.24, 2.45) is 0 Å². The average molecular weight is 291 g/mol. The molecule has 104 valence electrons. The van der Waals surface area contributed by atoms with Gasteiger partial charge in [-0.15, -0.1) is 0 Å². The van der Waals surface area contributed by atoms with Gasteiger partial charge in [0.15, 0.2) is 5.15 Å². The topological polar surface area (TPSA) is 50.5 Å². The molecule has 20 heavy (non-hydrogen) atoms. The fourth-order valence-electron chi connectivity index (χ4n) is 3.50. The molecule has 2 fully saturated rings. The van der Waals surface area contributed by atoms with Crippen LogP contribution in [-0.4, -0.2) is 37.8 Å². The van der Waals surface area contributed by atoms with Crippen molar-refractivity contribution in [3.05, 3.63) is 29.6 Å². The zero-order chi connectivity index (χ0) is 13.7. The summed E-state index contributed by atoms with van der Waals surface area (Å²) in [5, 5.41) is 0.470. The van der Waals surface area contributed by atoms with Crippen molar-refractivity contribution in [2.75, 3.05) is 6.54 Å². The first kappa shape index (κ1) is 12.1. The van der Waals surface area contributed by atoms with E-state index in [1.807, 2.05) is 15.5 Å². The summed E-state index contributed by atoms with van der Waals surface area (Å²) in [5.41, 5.74) is 0.832. The van der Waals surface area contributed by atoms with Crippen LogP contribution in [0.5, 0.6) is 0 Å². The predicted octanol–water partition coefficient (Wildman–Crippen LogP) is 2.25. The third-order valence-electron chi connectivity index (χ3n) is 4.52. The smallest absolute Gasteiger partial charge is 0.222 e. The molecule has 0 aromatic carbocycles. The molecule has 2 aliphatic heterocycles. The van der Waals surface area contributed by atoms with E-state index < -0.39 is 0 Å². The fraction of sp³-hybridized carbons (Fsp3) is 0.500. The maximum atomic E-state index is 11.9. The maximum absolute atomic E-state index is 11.9. The molecule has 0 radical (unpaired) electrons. The molecule has 0 N–H and O–H groups in total. The van der Waals surface area contributed by atoms with Gasteiger partial charge in [0.05, 0.1) is 6.20 Å². The number of hydrogen-bond acceptors (Lipinski definition) is 3. The lowest BCUT2D eigenvalue weighted by molar-refractivity contribution is -0.130. The summed E-state index contributed by atoms with van der Waals surface area (Å²) in [5.74, 6) is 1.57. The molecule has 2 aliphatic rings. The highest BCUT2D eigenvalue weighted by molar-refractivity contribution is 6.32. The molecule has 0 saturated carbocycles. The Kier molecular flexibility index (Phi) is 2.70. The minimum atomic E-state index is 0.286. The summed E-state index contributed by atoms with van der Waals surface area (Å²) in [7, 11) is 0. The Morgan fingerprint density at radius 1 is 1.25 bits per heavy atom. The summed E-state index contributed by atoms with van der Waals surface area (Å²) in [6.45, 7) is 0.780. The molecule has 0 bridgehead atoms. The van der Waals surface area contributed by atoms with E-state index in [0.717, 1.165) is 37.1 Å². The Morgan fingerprint density at radius 2 is 2.15 bits per heavy atom. The zero-order valence-corrected chi connectivity index (χ0v) is 11.8. The second kappa shape index (κ2) is 4.45. The molecule has 2 unspecified atom stereocenters. The normalized spacial score (nSPS) is 26.2. The summed E-state index contributed by atoms with van der Waals surface area (Å²) in [6.07, 6.45) is 9.22. The molecular formula is C14H15ClN4O. The van der Waals surface area contributed by atoms with Gasteiger partial charge in [0.2, 0.25) is 5.91 Å². The molecule has 5 nitrogen and oxygen atoms in total. The molecule has 2 aromatic rings. The van der Waals surface area contributed by atoms with Crippen LogP contribution in [-0.2, 0) is 4.79 Å². The summed E-state index contributed by atoms with van der Waals surface area (Å²) < 4.78 is 2.00. The minimum absolute atomic E-state index is 0.286. The van der Waals surface area contributed by atoms with E-state index in [0.29, 0.717) is 23.5 Å². The number of aromatic nitrogens is 3. The van der Waals surface area contributed by atoms with Crippen LogP contribution in [0.4, 0.5) is 0 Å². The van der Waals surface area contributed by atoms with Crippen LogP contribution in [0.25, 0.3) is 5.52 Å². The lowest BCUT2D eigenvalue weighted by atomic mass is 9.93. The SMILES string of the molecule is O=C1CCC2CCC(c3ncc4c(Cl)nccn34)CN12. The van der Waals surface area contributed by atoms with E-state index >= 15 is 0 Å². The van der Waals surface area contributed by atoms with Gasteiger partial charge in [-0.25, -0.2) is 9.97 Å². The van der Waals surface area contributed by atoms with Crippen LogP contribution in [0.2, 0.25) is 5.15 Å². The number of amides is 1. The third kappa shape index (κ3) is 1.73. The number of piperidine rings is 1. The van der Waals surface area contributed by atoms with E-state index in [9.17, 15) is 4.79 Å². The predicted molar refractivity (Wildman–Crippen MR) is 74.7 cm³/mol. The highest BCUT2D eigenvalue weighted by atomic mass is 35.5. The highest BCUT2D eigenvalue weighted by Crippen LogP contribution is 2.35. The van der Waals surface area contributed by atoms with Crippen molar-refractivity contribution >= 4 is 23.0 Å². The van der Waals surface area contributed by atoms with Crippen LogP contribution < -0.4 is 0 Å². The summed E-state index contributed by atoms with van der Waals surface area (Å²) >= 11 is 6.09. The van der Waals surface area contributed by atoms with Crippen LogP contribution in [0, 0.1) is 0 Å². The molecular weight excluding hydrogens is 276 g/mol. The lowest BCUT2D eigenvalue weighted by Gasteiger charge is -2.34. The molecule has 4 heterocycles. The van der Waals surface area contributed by atoms with Crippen molar-refractivity contribution in [1.82, 2.24) is 19.3 Å². The van der Waals surface area contributed by atoms with Gasteiger partial charge in [-0.2, -0.15) is 0 Å². The van der Waals surface area contributed by atoms with Crippen molar-refractivity contribution < 1.29 is 4.79 Å². The Labute approximate surface area is 121 Å². The summed E-state index contributed by atoms with van der Waals surface area (Å²) in [4.78, 5) is 22.5. The van der Waals surface area contributed by atoms with Crippen LogP contribution in [0.1, 0.15) is 37.4 Å². The molecule has 1 amide bonds. The largest absolute Gasteiger partial charge is 0.339 e. The van der Waals surface area contributed by atoms with E-state index in [-0.39, 0.29) is 5.92 Å². The quantitative estimate of drug-likeness (QED) is 0.809. The molecule has 2 aromatic heterocycles. The first-order valence-electron chi connectivity index (χ1n) is 7.01. The highest BCUT2D eigenvalue weighted by Gasteiger charge is 2.37. The van der Waals surface area contributed by atoms with Crippen LogP contribution >= 0.6 is 11.6 Å². The van der Waals surface area contributed by atoms with Crippen LogP contribution in [0.3, 0.4) is 0 Å². The number of imidazole rings is 1. The van der Waals surface area contributed by atoms with Crippen molar-refractivity contribution in [3.8, 4) is 0 Å². The van der Waals surface area contributed by atoms with Gasteiger partial charge >= 0.3 is 0 Å². The lowest BCUT2D eigenvalue weighted by Crippen LogP contribution is -2.41. The Balaban J connectivity index is 1.70.